The van der Waals surface area contributed by atoms with Crippen LogP contribution in [0.3, 0.4) is 0 Å². The van der Waals surface area contributed by atoms with Gasteiger partial charge < -0.3 is 10.1 Å². The first kappa shape index (κ1) is 22.7. The van der Waals surface area contributed by atoms with Gasteiger partial charge in [-0.3, -0.25) is 0 Å². The van der Waals surface area contributed by atoms with E-state index in [-0.39, 0.29) is 6.10 Å². The highest BCUT2D eigenvalue weighted by molar-refractivity contribution is 7.98. The summed E-state index contributed by atoms with van der Waals surface area (Å²) in [6.45, 7) is 7.17. The molecule has 3 atom stereocenters. The van der Waals surface area contributed by atoms with Crippen molar-refractivity contribution < 1.29 is 9.57 Å². The standard InChI is InChI=1S/C25H30N4O2S/c1-15(2)30-22-9-8-17(13-18(22)14-26)25-28-24(29-31-25)20-7-5-6-19-21(27-10-11-32-4)12-16(3)23(19)20/h5-9,13,15-16,21,25,27H,10-12H2,1-4H3,(H,28,29). The molecule has 1 aliphatic heterocycles. The van der Waals surface area contributed by atoms with Crippen molar-refractivity contribution in [3.63, 3.8) is 0 Å². The minimum absolute atomic E-state index is 0.00294. The molecule has 0 amide bonds. The van der Waals surface area contributed by atoms with E-state index in [0.717, 1.165) is 35.7 Å². The lowest BCUT2D eigenvalue weighted by Gasteiger charge is -2.14. The number of hydrogen-bond acceptors (Lipinski definition) is 7. The molecule has 6 nitrogen and oxygen atoms in total. The van der Waals surface area contributed by atoms with Gasteiger partial charge in [0, 0.05) is 29.5 Å². The van der Waals surface area contributed by atoms with Crippen LogP contribution in [0.4, 0.5) is 0 Å². The predicted octanol–water partition coefficient (Wildman–Crippen LogP) is 4.83. The molecule has 2 aromatic rings. The Morgan fingerprint density at radius 2 is 2.19 bits per heavy atom. The van der Waals surface area contributed by atoms with Crippen molar-refractivity contribution in [3.8, 4) is 11.8 Å². The second-order valence-corrected chi connectivity index (χ2v) is 9.51. The van der Waals surface area contributed by atoms with Crippen molar-refractivity contribution >= 4 is 17.6 Å². The number of fused-ring (bicyclic) bond motifs is 1. The van der Waals surface area contributed by atoms with E-state index in [1.165, 1.54) is 11.1 Å². The van der Waals surface area contributed by atoms with Crippen molar-refractivity contribution in [3.05, 3.63) is 64.2 Å². The highest BCUT2D eigenvalue weighted by Gasteiger charge is 2.32. The fraction of sp³-hybridized carbons (Fsp3) is 0.440. The average molecular weight is 451 g/mol. The first-order chi connectivity index (χ1) is 15.5. The summed E-state index contributed by atoms with van der Waals surface area (Å²) >= 11 is 1.86. The van der Waals surface area contributed by atoms with Gasteiger partial charge in [-0.2, -0.15) is 17.0 Å². The Bertz CT molecular complexity index is 1050. The SMILES string of the molecule is CSCCNC1CC(C)c2c(C3=NC(c4ccc(OC(C)C)c(C#N)c4)ON3)cccc21. The molecule has 1 aliphatic carbocycles. The Labute approximate surface area is 194 Å². The molecule has 0 fully saturated rings. The van der Waals surface area contributed by atoms with Gasteiger partial charge in [0.15, 0.2) is 5.84 Å². The van der Waals surface area contributed by atoms with Gasteiger partial charge in [-0.1, -0.05) is 31.2 Å². The maximum absolute atomic E-state index is 9.54. The molecule has 1 heterocycles. The van der Waals surface area contributed by atoms with Crippen LogP contribution in [0, 0.1) is 11.3 Å². The van der Waals surface area contributed by atoms with Crippen LogP contribution < -0.4 is 15.5 Å². The van der Waals surface area contributed by atoms with E-state index in [0.29, 0.717) is 23.3 Å². The summed E-state index contributed by atoms with van der Waals surface area (Å²) in [7, 11) is 0. The summed E-state index contributed by atoms with van der Waals surface area (Å²) < 4.78 is 5.73. The molecule has 0 aromatic heterocycles. The third kappa shape index (κ3) is 4.63. The first-order valence-corrected chi connectivity index (χ1v) is 12.5. The molecule has 168 valence electrons. The van der Waals surface area contributed by atoms with E-state index in [2.05, 4.69) is 48.2 Å². The Morgan fingerprint density at radius 1 is 1.34 bits per heavy atom. The summed E-state index contributed by atoms with van der Waals surface area (Å²) in [6, 6.07) is 14.5. The van der Waals surface area contributed by atoms with E-state index < -0.39 is 6.23 Å². The normalized spacial score (nSPS) is 21.8. The number of nitrogens with zero attached hydrogens (tertiary/aromatic N) is 2. The quantitative estimate of drug-likeness (QED) is 0.561. The van der Waals surface area contributed by atoms with Crippen LogP contribution in [0.15, 0.2) is 41.4 Å². The minimum Gasteiger partial charge on any atom is -0.490 e. The van der Waals surface area contributed by atoms with E-state index in [1.807, 2.05) is 37.7 Å². The Morgan fingerprint density at radius 3 is 2.94 bits per heavy atom. The van der Waals surface area contributed by atoms with Gasteiger partial charge in [-0.05, 0) is 55.7 Å². The summed E-state index contributed by atoms with van der Waals surface area (Å²) in [5, 5.41) is 13.2. The molecule has 2 aliphatic rings. The van der Waals surface area contributed by atoms with Gasteiger partial charge in [0.25, 0.3) is 0 Å². The van der Waals surface area contributed by atoms with Crippen molar-refractivity contribution in [2.24, 2.45) is 4.99 Å². The number of nitriles is 1. The molecule has 0 radical (unpaired) electrons. The highest BCUT2D eigenvalue weighted by atomic mass is 32.2. The summed E-state index contributed by atoms with van der Waals surface area (Å²) in [5.41, 5.74) is 8.11. The molecule has 0 saturated heterocycles. The number of benzene rings is 2. The van der Waals surface area contributed by atoms with Crippen LogP contribution in [0.2, 0.25) is 0 Å². The van der Waals surface area contributed by atoms with Crippen molar-refractivity contribution in [1.82, 2.24) is 10.8 Å². The fourth-order valence-electron chi connectivity index (χ4n) is 4.46. The number of thioether (sulfide) groups is 1. The summed E-state index contributed by atoms with van der Waals surface area (Å²) in [5.74, 6) is 2.87. The molecule has 0 bridgehead atoms. The monoisotopic (exact) mass is 450 g/mol. The molecular weight excluding hydrogens is 420 g/mol. The lowest BCUT2D eigenvalue weighted by molar-refractivity contribution is 0.0376. The van der Waals surface area contributed by atoms with Crippen LogP contribution in [-0.4, -0.2) is 30.5 Å². The van der Waals surface area contributed by atoms with E-state index >= 15 is 0 Å². The largest absolute Gasteiger partial charge is 0.490 e. The molecule has 2 aromatic carbocycles. The van der Waals surface area contributed by atoms with E-state index in [4.69, 9.17) is 14.6 Å². The van der Waals surface area contributed by atoms with Crippen LogP contribution in [0.5, 0.6) is 5.75 Å². The third-order valence-electron chi connectivity index (χ3n) is 5.83. The van der Waals surface area contributed by atoms with Gasteiger partial charge in [0.2, 0.25) is 6.23 Å². The molecule has 7 heteroatoms. The lowest BCUT2D eigenvalue weighted by Crippen LogP contribution is -2.22. The zero-order valence-corrected chi connectivity index (χ0v) is 19.8. The summed E-state index contributed by atoms with van der Waals surface area (Å²) in [6.07, 6.45) is 2.72. The number of amidine groups is 1. The molecular formula is C25H30N4O2S. The first-order valence-electron chi connectivity index (χ1n) is 11.1. The van der Waals surface area contributed by atoms with Crippen molar-refractivity contribution in [1.29, 1.82) is 5.26 Å². The molecule has 2 N–H and O–H groups in total. The molecule has 0 saturated carbocycles. The average Bonchev–Trinajstić information content (AvgIpc) is 3.39. The van der Waals surface area contributed by atoms with Gasteiger partial charge in [-0.25, -0.2) is 15.3 Å². The zero-order valence-electron chi connectivity index (χ0n) is 19.0. The molecule has 0 spiro atoms. The number of aliphatic imine (C=N–C) groups is 1. The van der Waals surface area contributed by atoms with Gasteiger partial charge in [0.05, 0.1) is 11.7 Å². The summed E-state index contributed by atoms with van der Waals surface area (Å²) in [4.78, 5) is 10.6. The predicted molar refractivity (Wildman–Crippen MR) is 129 cm³/mol. The number of rotatable bonds is 8. The Kier molecular flexibility index (Phi) is 7.04. The fourth-order valence-corrected chi connectivity index (χ4v) is 4.79. The Hall–Kier alpha value is -2.53. The lowest BCUT2D eigenvalue weighted by atomic mass is 9.96. The molecule has 32 heavy (non-hydrogen) atoms. The van der Waals surface area contributed by atoms with Crippen LogP contribution in [-0.2, 0) is 4.84 Å². The van der Waals surface area contributed by atoms with Crippen LogP contribution in [0.25, 0.3) is 0 Å². The van der Waals surface area contributed by atoms with Crippen molar-refractivity contribution in [2.45, 2.75) is 51.5 Å². The van der Waals surface area contributed by atoms with Gasteiger partial charge in [-0.15, -0.1) is 0 Å². The second-order valence-electron chi connectivity index (χ2n) is 8.53. The van der Waals surface area contributed by atoms with E-state index in [1.54, 1.807) is 6.07 Å². The minimum atomic E-state index is -0.506. The smallest absolute Gasteiger partial charge is 0.202 e. The number of hydrogen-bond donors (Lipinski definition) is 2. The molecule has 3 unspecified atom stereocenters. The van der Waals surface area contributed by atoms with Gasteiger partial charge in [0.1, 0.15) is 11.8 Å². The number of hydroxylamine groups is 1. The molecule has 4 rings (SSSR count). The van der Waals surface area contributed by atoms with Gasteiger partial charge >= 0.3 is 0 Å². The maximum atomic E-state index is 9.54. The maximum Gasteiger partial charge on any atom is 0.202 e. The van der Waals surface area contributed by atoms with Crippen LogP contribution in [0.1, 0.15) is 73.2 Å². The Balaban J connectivity index is 1.59. The van der Waals surface area contributed by atoms with Crippen LogP contribution >= 0.6 is 11.8 Å². The zero-order chi connectivity index (χ0) is 22.7. The topological polar surface area (TPSA) is 78.7 Å². The second kappa shape index (κ2) is 9.95. The number of nitrogens with one attached hydrogen (secondary N) is 2. The third-order valence-corrected chi connectivity index (χ3v) is 6.45. The number of ether oxygens (including phenoxy) is 1. The van der Waals surface area contributed by atoms with E-state index in [9.17, 15) is 5.26 Å². The van der Waals surface area contributed by atoms with Crippen molar-refractivity contribution in [2.75, 3.05) is 18.6 Å². The highest BCUT2D eigenvalue weighted by Crippen LogP contribution is 2.42.